The number of hydrogen-bond acceptors (Lipinski definition) is 4. The van der Waals surface area contributed by atoms with Crippen molar-refractivity contribution in [2.24, 2.45) is 5.92 Å². The standard InChI is InChI=1S/C16H23NO3/c1-19-13-3-2-12-5-7-17-6-4-11-10-20-15(18)8-14(11)16(12,17)9-13/h12-13H,2-10H2,1H3. The maximum atomic E-state index is 11.8. The van der Waals surface area contributed by atoms with Crippen LogP contribution in [-0.2, 0) is 14.3 Å². The highest BCUT2D eigenvalue weighted by molar-refractivity contribution is 5.75. The normalized spacial score (nSPS) is 41.0. The van der Waals surface area contributed by atoms with E-state index in [1.165, 1.54) is 37.0 Å². The van der Waals surface area contributed by atoms with E-state index in [4.69, 9.17) is 9.47 Å². The van der Waals surface area contributed by atoms with Crippen LogP contribution in [0.4, 0.5) is 0 Å². The maximum absolute atomic E-state index is 11.8. The van der Waals surface area contributed by atoms with Crippen molar-refractivity contribution >= 4 is 5.97 Å². The molecule has 1 aliphatic carbocycles. The summed E-state index contributed by atoms with van der Waals surface area (Å²) in [6.45, 7) is 2.85. The zero-order chi connectivity index (χ0) is 13.7. The molecule has 0 aromatic carbocycles. The SMILES string of the molecule is COC1CCC2CCN3CCC4=C(CC(=O)OC4)C23C1. The van der Waals surface area contributed by atoms with Crippen molar-refractivity contribution in [3.8, 4) is 0 Å². The molecule has 1 saturated heterocycles. The van der Waals surface area contributed by atoms with Crippen LogP contribution in [0.25, 0.3) is 0 Å². The van der Waals surface area contributed by atoms with Crippen LogP contribution in [0.15, 0.2) is 11.1 Å². The molecular formula is C16H23NO3. The number of hydrogen-bond donors (Lipinski definition) is 0. The van der Waals surface area contributed by atoms with Crippen molar-refractivity contribution in [2.75, 3.05) is 26.8 Å². The third kappa shape index (κ3) is 1.64. The molecule has 3 aliphatic heterocycles. The summed E-state index contributed by atoms with van der Waals surface area (Å²) in [4.78, 5) is 14.5. The average Bonchev–Trinajstić information content (AvgIpc) is 2.86. The van der Waals surface area contributed by atoms with Gasteiger partial charge in [-0.1, -0.05) is 0 Å². The van der Waals surface area contributed by atoms with E-state index in [-0.39, 0.29) is 11.5 Å². The van der Waals surface area contributed by atoms with Gasteiger partial charge in [0, 0.05) is 19.2 Å². The second kappa shape index (κ2) is 4.57. The monoisotopic (exact) mass is 277 g/mol. The number of carbonyl (C=O) groups excluding carboxylic acids is 1. The highest BCUT2D eigenvalue weighted by Crippen LogP contribution is 2.54. The van der Waals surface area contributed by atoms with Crippen LogP contribution in [0.1, 0.15) is 38.5 Å². The Morgan fingerprint density at radius 3 is 3.05 bits per heavy atom. The first-order valence-electron chi connectivity index (χ1n) is 7.89. The Balaban J connectivity index is 1.79. The molecule has 4 rings (SSSR count). The van der Waals surface area contributed by atoms with E-state index >= 15 is 0 Å². The van der Waals surface area contributed by atoms with Crippen molar-refractivity contribution in [3.05, 3.63) is 11.1 Å². The Hall–Kier alpha value is -0.870. The molecule has 3 atom stereocenters. The first-order valence-corrected chi connectivity index (χ1v) is 7.89. The number of esters is 1. The molecule has 3 unspecified atom stereocenters. The van der Waals surface area contributed by atoms with Gasteiger partial charge in [0.25, 0.3) is 0 Å². The van der Waals surface area contributed by atoms with Crippen LogP contribution in [0, 0.1) is 5.92 Å². The predicted octanol–water partition coefficient (Wildman–Crippen LogP) is 1.89. The molecule has 0 radical (unpaired) electrons. The molecule has 4 heteroatoms. The quantitative estimate of drug-likeness (QED) is 0.542. The van der Waals surface area contributed by atoms with Gasteiger partial charge < -0.3 is 9.47 Å². The molecule has 0 aromatic rings. The van der Waals surface area contributed by atoms with E-state index in [2.05, 4.69) is 4.90 Å². The Morgan fingerprint density at radius 1 is 1.30 bits per heavy atom. The minimum atomic E-state index is -0.0369. The molecule has 4 nitrogen and oxygen atoms in total. The van der Waals surface area contributed by atoms with E-state index in [0.29, 0.717) is 25.0 Å². The smallest absolute Gasteiger partial charge is 0.310 e. The molecule has 0 bridgehead atoms. The van der Waals surface area contributed by atoms with Gasteiger partial charge >= 0.3 is 5.97 Å². The van der Waals surface area contributed by atoms with Gasteiger partial charge in [0.15, 0.2) is 0 Å². The summed E-state index contributed by atoms with van der Waals surface area (Å²) < 4.78 is 11.0. The van der Waals surface area contributed by atoms with E-state index < -0.39 is 0 Å². The Bertz CT molecular complexity index is 472. The molecule has 0 aromatic heterocycles. The van der Waals surface area contributed by atoms with Gasteiger partial charge in [-0.25, -0.2) is 0 Å². The number of rotatable bonds is 1. The molecule has 20 heavy (non-hydrogen) atoms. The van der Waals surface area contributed by atoms with Gasteiger partial charge in [0.2, 0.25) is 0 Å². The summed E-state index contributed by atoms with van der Waals surface area (Å²) in [5.74, 6) is 0.676. The van der Waals surface area contributed by atoms with Crippen LogP contribution in [0.3, 0.4) is 0 Å². The fourth-order valence-corrected chi connectivity index (χ4v) is 5.12. The lowest BCUT2D eigenvalue weighted by molar-refractivity contribution is -0.144. The van der Waals surface area contributed by atoms with Crippen molar-refractivity contribution in [2.45, 2.75) is 50.2 Å². The molecule has 0 amide bonds. The molecule has 4 aliphatic rings. The van der Waals surface area contributed by atoms with E-state index in [9.17, 15) is 4.79 Å². The van der Waals surface area contributed by atoms with Crippen molar-refractivity contribution in [1.29, 1.82) is 0 Å². The Morgan fingerprint density at radius 2 is 2.20 bits per heavy atom. The van der Waals surface area contributed by atoms with Gasteiger partial charge in [0.1, 0.15) is 6.61 Å². The molecule has 2 fully saturated rings. The molecule has 1 saturated carbocycles. The third-order valence-corrected chi connectivity index (χ3v) is 6.06. The molecule has 1 spiro atoms. The fraction of sp³-hybridized carbons (Fsp3) is 0.812. The van der Waals surface area contributed by atoms with E-state index in [1.54, 1.807) is 0 Å². The van der Waals surface area contributed by atoms with Crippen LogP contribution in [-0.4, -0.2) is 49.3 Å². The fourth-order valence-electron chi connectivity index (χ4n) is 5.12. The second-order valence-corrected chi connectivity index (χ2v) is 6.71. The summed E-state index contributed by atoms with van der Waals surface area (Å²) in [7, 11) is 1.83. The summed E-state index contributed by atoms with van der Waals surface area (Å²) in [5, 5.41) is 0. The largest absolute Gasteiger partial charge is 0.461 e. The summed E-state index contributed by atoms with van der Waals surface area (Å²) >= 11 is 0. The summed E-state index contributed by atoms with van der Waals surface area (Å²) in [6.07, 6.45) is 6.69. The Labute approximate surface area is 120 Å². The lowest BCUT2D eigenvalue weighted by Gasteiger charge is -2.53. The van der Waals surface area contributed by atoms with Crippen LogP contribution in [0.5, 0.6) is 0 Å². The van der Waals surface area contributed by atoms with Crippen LogP contribution < -0.4 is 0 Å². The molecule has 3 heterocycles. The first-order chi connectivity index (χ1) is 9.74. The minimum Gasteiger partial charge on any atom is -0.461 e. The van der Waals surface area contributed by atoms with Crippen LogP contribution in [0.2, 0.25) is 0 Å². The zero-order valence-corrected chi connectivity index (χ0v) is 12.2. The molecule has 0 N–H and O–H groups in total. The molecular weight excluding hydrogens is 254 g/mol. The van der Waals surface area contributed by atoms with Crippen molar-refractivity contribution in [1.82, 2.24) is 4.90 Å². The highest BCUT2D eigenvalue weighted by atomic mass is 16.5. The molecule has 110 valence electrons. The summed E-state index contributed by atoms with van der Waals surface area (Å²) in [5.41, 5.74) is 2.93. The lowest BCUT2D eigenvalue weighted by atomic mass is 9.64. The van der Waals surface area contributed by atoms with Gasteiger partial charge in [-0.05, 0) is 55.7 Å². The number of nitrogens with zero attached hydrogens (tertiary/aromatic N) is 1. The van der Waals surface area contributed by atoms with Crippen molar-refractivity contribution < 1.29 is 14.3 Å². The predicted molar refractivity (Wildman–Crippen MR) is 74.3 cm³/mol. The van der Waals surface area contributed by atoms with E-state index in [0.717, 1.165) is 19.4 Å². The second-order valence-electron chi connectivity index (χ2n) is 6.71. The Kier molecular flexibility index (Phi) is 2.93. The van der Waals surface area contributed by atoms with Gasteiger partial charge in [-0.2, -0.15) is 0 Å². The highest BCUT2D eigenvalue weighted by Gasteiger charge is 2.56. The maximum Gasteiger partial charge on any atom is 0.310 e. The lowest BCUT2D eigenvalue weighted by Crippen LogP contribution is -2.57. The van der Waals surface area contributed by atoms with Crippen molar-refractivity contribution in [3.63, 3.8) is 0 Å². The topological polar surface area (TPSA) is 38.8 Å². The number of methoxy groups -OCH3 is 1. The number of cyclic esters (lactones) is 1. The van der Waals surface area contributed by atoms with Gasteiger partial charge in [0.05, 0.1) is 12.5 Å². The van der Waals surface area contributed by atoms with Gasteiger partial charge in [-0.3, -0.25) is 9.69 Å². The first kappa shape index (κ1) is 12.8. The average molecular weight is 277 g/mol. The number of ether oxygens (including phenoxy) is 2. The zero-order valence-electron chi connectivity index (χ0n) is 12.2. The number of carbonyl (C=O) groups is 1. The van der Waals surface area contributed by atoms with Crippen LogP contribution >= 0.6 is 0 Å². The van der Waals surface area contributed by atoms with Gasteiger partial charge in [-0.15, -0.1) is 0 Å². The minimum absolute atomic E-state index is 0.0369. The third-order valence-electron chi connectivity index (χ3n) is 6.06. The van der Waals surface area contributed by atoms with E-state index in [1.807, 2.05) is 7.11 Å². The summed E-state index contributed by atoms with van der Waals surface area (Å²) in [6, 6.07) is 0.